The van der Waals surface area contributed by atoms with Crippen molar-refractivity contribution in [3.8, 4) is 0 Å². The number of nitrogens with one attached hydrogen (secondary N) is 1. The SMILES string of the molecule is CC=CC=CC(=O)N1CCNC[C@@H]1C. The number of carbonyl (C=O) groups is 1. The highest BCUT2D eigenvalue weighted by Crippen LogP contribution is 2.03. The van der Waals surface area contributed by atoms with Gasteiger partial charge < -0.3 is 10.2 Å². The van der Waals surface area contributed by atoms with Crippen molar-refractivity contribution in [2.75, 3.05) is 19.6 Å². The topological polar surface area (TPSA) is 32.3 Å². The van der Waals surface area contributed by atoms with Gasteiger partial charge in [0.15, 0.2) is 0 Å². The van der Waals surface area contributed by atoms with E-state index in [1.54, 1.807) is 12.2 Å². The molecule has 3 heteroatoms. The Hall–Kier alpha value is -1.09. The van der Waals surface area contributed by atoms with Crippen molar-refractivity contribution in [1.29, 1.82) is 0 Å². The third-order valence-electron chi connectivity index (χ3n) is 2.33. The van der Waals surface area contributed by atoms with Crippen LogP contribution in [0.3, 0.4) is 0 Å². The molecule has 0 saturated carbocycles. The lowest BCUT2D eigenvalue weighted by atomic mass is 10.2. The Bertz CT molecular complexity index is 246. The van der Waals surface area contributed by atoms with Crippen molar-refractivity contribution in [1.82, 2.24) is 10.2 Å². The zero-order valence-electron chi connectivity index (χ0n) is 8.86. The fourth-order valence-electron chi connectivity index (χ4n) is 1.51. The van der Waals surface area contributed by atoms with Gasteiger partial charge in [-0.25, -0.2) is 0 Å². The zero-order chi connectivity index (χ0) is 10.4. The molecule has 1 atom stereocenters. The van der Waals surface area contributed by atoms with Crippen molar-refractivity contribution in [2.45, 2.75) is 19.9 Å². The molecule has 1 fully saturated rings. The van der Waals surface area contributed by atoms with E-state index in [1.807, 2.05) is 24.0 Å². The molecule has 0 aromatic heterocycles. The second kappa shape index (κ2) is 5.60. The molecule has 0 aromatic rings. The first-order chi connectivity index (χ1) is 6.75. The summed E-state index contributed by atoms with van der Waals surface area (Å²) in [4.78, 5) is 13.6. The maximum atomic E-state index is 11.7. The summed E-state index contributed by atoms with van der Waals surface area (Å²) in [6.45, 7) is 6.59. The molecule has 78 valence electrons. The zero-order valence-corrected chi connectivity index (χ0v) is 8.86. The van der Waals surface area contributed by atoms with E-state index in [0.29, 0.717) is 6.04 Å². The standard InChI is InChI=1S/C11H18N2O/c1-3-4-5-6-11(14)13-8-7-12-9-10(13)2/h3-6,10,12H,7-9H2,1-2H3/t10-/m0/s1. The van der Waals surface area contributed by atoms with Crippen LogP contribution in [0.5, 0.6) is 0 Å². The minimum Gasteiger partial charge on any atom is -0.334 e. The van der Waals surface area contributed by atoms with Crippen LogP contribution < -0.4 is 5.32 Å². The summed E-state index contributed by atoms with van der Waals surface area (Å²) in [6.07, 6.45) is 7.19. The first-order valence-corrected chi connectivity index (χ1v) is 5.06. The van der Waals surface area contributed by atoms with Gasteiger partial charge >= 0.3 is 0 Å². The number of allylic oxidation sites excluding steroid dienone is 3. The van der Waals surface area contributed by atoms with Gasteiger partial charge in [-0.1, -0.05) is 18.2 Å². The summed E-state index contributed by atoms with van der Waals surface area (Å²) in [6, 6.07) is 0.298. The quantitative estimate of drug-likeness (QED) is 0.524. The van der Waals surface area contributed by atoms with Crippen molar-refractivity contribution >= 4 is 5.91 Å². The van der Waals surface area contributed by atoms with Gasteiger partial charge in [0.05, 0.1) is 0 Å². The van der Waals surface area contributed by atoms with Crippen LogP contribution in [-0.2, 0) is 4.79 Å². The summed E-state index contributed by atoms with van der Waals surface area (Å²) in [5.74, 6) is 0.108. The van der Waals surface area contributed by atoms with Gasteiger partial charge in [0, 0.05) is 31.8 Å². The van der Waals surface area contributed by atoms with Gasteiger partial charge in [0.1, 0.15) is 0 Å². The van der Waals surface area contributed by atoms with Gasteiger partial charge in [0.25, 0.3) is 0 Å². The molecule has 14 heavy (non-hydrogen) atoms. The Morgan fingerprint density at radius 1 is 1.50 bits per heavy atom. The van der Waals surface area contributed by atoms with E-state index in [-0.39, 0.29) is 5.91 Å². The first kappa shape index (κ1) is 11.0. The average molecular weight is 194 g/mol. The van der Waals surface area contributed by atoms with Gasteiger partial charge in [-0.15, -0.1) is 0 Å². The van der Waals surface area contributed by atoms with Crippen LogP contribution in [0.1, 0.15) is 13.8 Å². The van der Waals surface area contributed by atoms with E-state index in [0.717, 1.165) is 19.6 Å². The van der Waals surface area contributed by atoms with Crippen molar-refractivity contribution in [3.63, 3.8) is 0 Å². The molecule has 1 aliphatic heterocycles. The maximum absolute atomic E-state index is 11.7. The molecule has 0 bridgehead atoms. The lowest BCUT2D eigenvalue weighted by Gasteiger charge is -2.33. The molecule has 1 rings (SSSR count). The van der Waals surface area contributed by atoms with Crippen LogP contribution in [0.15, 0.2) is 24.3 Å². The Labute approximate surface area is 85.5 Å². The molecule has 3 nitrogen and oxygen atoms in total. The summed E-state index contributed by atoms with van der Waals surface area (Å²) in [5.41, 5.74) is 0. The molecule has 0 spiro atoms. The van der Waals surface area contributed by atoms with Crippen molar-refractivity contribution in [2.24, 2.45) is 0 Å². The minimum absolute atomic E-state index is 0.108. The molecule has 0 aliphatic carbocycles. The number of piperazine rings is 1. The van der Waals surface area contributed by atoms with Gasteiger partial charge in [-0.3, -0.25) is 4.79 Å². The normalized spacial score (nSPS) is 23.6. The van der Waals surface area contributed by atoms with Crippen LogP contribution in [0.25, 0.3) is 0 Å². The summed E-state index contributed by atoms with van der Waals surface area (Å²) in [7, 11) is 0. The molecule has 1 N–H and O–H groups in total. The third kappa shape index (κ3) is 3.00. The van der Waals surface area contributed by atoms with Gasteiger partial charge in [-0.05, 0) is 13.8 Å². The Balaban J connectivity index is 2.50. The van der Waals surface area contributed by atoms with E-state index in [9.17, 15) is 4.79 Å². The Morgan fingerprint density at radius 3 is 2.93 bits per heavy atom. The summed E-state index contributed by atoms with van der Waals surface area (Å²) >= 11 is 0. The Morgan fingerprint density at radius 2 is 2.29 bits per heavy atom. The smallest absolute Gasteiger partial charge is 0.246 e. The number of hydrogen-bond donors (Lipinski definition) is 1. The van der Waals surface area contributed by atoms with Crippen LogP contribution in [-0.4, -0.2) is 36.5 Å². The lowest BCUT2D eigenvalue weighted by molar-refractivity contribution is -0.128. The number of carbonyl (C=O) groups excluding carboxylic acids is 1. The van der Waals surface area contributed by atoms with Crippen molar-refractivity contribution in [3.05, 3.63) is 24.3 Å². The predicted molar refractivity (Wildman–Crippen MR) is 58.0 cm³/mol. The molecule has 1 heterocycles. The van der Waals surface area contributed by atoms with E-state index in [4.69, 9.17) is 0 Å². The third-order valence-corrected chi connectivity index (χ3v) is 2.33. The summed E-state index contributed by atoms with van der Waals surface area (Å²) in [5, 5.41) is 3.25. The molecule has 1 saturated heterocycles. The second-order valence-corrected chi connectivity index (χ2v) is 3.47. The van der Waals surface area contributed by atoms with E-state index < -0.39 is 0 Å². The molecule has 1 aliphatic rings. The monoisotopic (exact) mass is 194 g/mol. The summed E-state index contributed by atoms with van der Waals surface area (Å²) < 4.78 is 0. The molecule has 0 radical (unpaired) electrons. The van der Waals surface area contributed by atoms with Gasteiger partial charge in [-0.2, -0.15) is 0 Å². The minimum atomic E-state index is 0.108. The fraction of sp³-hybridized carbons (Fsp3) is 0.545. The van der Waals surface area contributed by atoms with E-state index in [1.165, 1.54) is 0 Å². The number of rotatable bonds is 2. The molecular weight excluding hydrogens is 176 g/mol. The maximum Gasteiger partial charge on any atom is 0.246 e. The van der Waals surface area contributed by atoms with E-state index >= 15 is 0 Å². The number of nitrogens with zero attached hydrogens (tertiary/aromatic N) is 1. The van der Waals surface area contributed by atoms with Crippen LogP contribution in [0.2, 0.25) is 0 Å². The molecule has 0 aromatic carbocycles. The number of amides is 1. The largest absolute Gasteiger partial charge is 0.334 e. The lowest BCUT2D eigenvalue weighted by Crippen LogP contribution is -2.51. The fourth-order valence-corrected chi connectivity index (χ4v) is 1.51. The average Bonchev–Trinajstić information content (AvgIpc) is 2.18. The van der Waals surface area contributed by atoms with Crippen LogP contribution >= 0.6 is 0 Å². The van der Waals surface area contributed by atoms with E-state index in [2.05, 4.69) is 12.2 Å². The van der Waals surface area contributed by atoms with Crippen LogP contribution in [0.4, 0.5) is 0 Å². The highest BCUT2D eigenvalue weighted by atomic mass is 16.2. The number of hydrogen-bond acceptors (Lipinski definition) is 2. The van der Waals surface area contributed by atoms with Crippen molar-refractivity contribution < 1.29 is 4.79 Å². The predicted octanol–water partition coefficient (Wildman–Crippen LogP) is 0.939. The highest BCUT2D eigenvalue weighted by Gasteiger charge is 2.20. The first-order valence-electron chi connectivity index (χ1n) is 5.06. The highest BCUT2D eigenvalue weighted by molar-refractivity contribution is 5.88. The van der Waals surface area contributed by atoms with Gasteiger partial charge in [0.2, 0.25) is 5.91 Å². The molecule has 0 unspecified atom stereocenters. The Kier molecular flexibility index (Phi) is 4.40. The molecular formula is C11H18N2O. The van der Waals surface area contributed by atoms with Crippen LogP contribution in [0, 0.1) is 0 Å². The second-order valence-electron chi connectivity index (χ2n) is 3.47. The molecule has 1 amide bonds.